The first-order chi connectivity index (χ1) is 9.66. The van der Waals surface area contributed by atoms with Crippen molar-refractivity contribution in [1.82, 2.24) is 0 Å². The van der Waals surface area contributed by atoms with Crippen molar-refractivity contribution in [2.75, 3.05) is 0 Å². The summed E-state index contributed by atoms with van der Waals surface area (Å²) in [6, 6.07) is 18.3. The number of benzene rings is 2. The lowest BCUT2D eigenvalue weighted by molar-refractivity contribution is 0.466. The zero-order valence-electron chi connectivity index (χ0n) is 12.4. The van der Waals surface area contributed by atoms with E-state index in [2.05, 4.69) is 62.4 Å². The molecule has 2 aliphatic rings. The summed E-state index contributed by atoms with van der Waals surface area (Å²) in [5.74, 6) is 0. The molecule has 0 N–H and O–H groups in total. The van der Waals surface area contributed by atoms with Gasteiger partial charge in [0.1, 0.15) is 0 Å². The summed E-state index contributed by atoms with van der Waals surface area (Å²) in [4.78, 5) is 0. The lowest BCUT2D eigenvalue weighted by Gasteiger charge is -2.45. The summed E-state index contributed by atoms with van der Waals surface area (Å²) in [5, 5.41) is 0. The minimum atomic E-state index is 0.126. The van der Waals surface area contributed by atoms with E-state index >= 15 is 0 Å². The lowest BCUT2D eigenvalue weighted by Crippen LogP contribution is -2.38. The van der Waals surface area contributed by atoms with Crippen molar-refractivity contribution in [2.45, 2.75) is 50.4 Å². The zero-order chi connectivity index (χ0) is 13.8. The van der Waals surface area contributed by atoms with E-state index in [0.29, 0.717) is 5.41 Å². The highest BCUT2D eigenvalue weighted by atomic mass is 14.5. The standard InChI is InChI=1S/C20H22/c1-19(2)15-9-3-5-11-17(15)20(13-7-8-14-20)18-12-6-4-10-16(18)19/h3-6,9-12H,7-8,13-14H2,1-2H3. The van der Waals surface area contributed by atoms with Crippen LogP contribution < -0.4 is 0 Å². The molecular formula is C20H22. The van der Waals surface area contributed by atoms with E-state index in [9.17, 15) is 0 Å². The second-order valence-corrected chi connectivity index (χ2v) is 7.01. The molecule has 2 aliphatic carbocycles. The van der Waals surface area contributed by atoms with Crippen molar-refractivity contribution >= 4 is 0 Å². The minimum absolute atomic E-state index is 0.126. The van der Waals surface area contributed by atoms with Crippen molar-refractivity contribution in [3.63, 3.8) is 0 Å². The van der Waals surface area contributed by atoms with Gasteiger partial charge in [0.25, 0.3) is 0 Å². The smallest absolute Gasteiger partial charge is 0.0209 e. The van der Waals surface area contributed by atoms with E-state index in [0.717, 1.165) is 0 Å². The van der Waals surface area contributed by atoms with Gasteiger partial charge in [-0.3, -0.25) is 0 Å². The predicted octanol–water partition coefficient (Wildman–Crippen LogP) is 5.19. The molecule has 1 fully saturated rings. The van der Waals surface area contributed by atoms with Crippen LogP contribution in [0.4, 0.5) is 0 Å². The van der Waals surface area contributed by atoms with E-state index in [-0.39, 0.29) is 5.41 Å². The molecule has 0 bridgehead atoms. The van der Waals surface area contributed by atoms with Crippen molar-refractivity contribution in [3.8, 4) is 0 Å². The van der Waals surface area contributed by atoms with Crippen LogP contribution in [-0.4, -0.2) is 0 Å². The number of hydrogen-bond acceptors (Lipinski definition) is 0. The SMILES string of the molecule is CC1(C)c2ccccc2C2(CCCC2)c2ccccc21. The van der Waals surface area contributed by atoms with Gasteiger partial charge in [-0.2, -0.15) is 0 Å². The summed E-state index contributed by atoms with van der Waals surface area (Å²) in [6.07, 6.45) is 5.36. The van der Waals surface area contributed by atoms with E-state index in [1.807, 2.05) is 0 Å². The highest BCUT2D eigenvalue weighted by Gasteiger charge is 2.47. The molecule has 102 valence electrons. The third-order valence-corrected chi connectivity index (χ3v) is 5.69. The molecule has 1 saturated carbocycles. The fraction of sp³-hybridized carbons (Fsp3) is 0.400. The van der Waals surface area contributed by atoms with Crippen molar-refractivity contribution < 1.29 is 0 Å². The molecule has 0 saturated heterocycles. The Labute approximate surface area is 121 Å². The number of rotatable bonds is 0. The van der Waals surface area contributed by atoms with Gasteiger partial charge >= 0.3 is 0 Å². The monoisotopic (exact) mass is 262 g/mol. The highest BCUT2D eigenvalue weighted by molar-refractivity contribution is 5.59. The zero-order valence-corrected chi connectivity index (χ0v) is 12.4. The van der Waals surface area contributed by atoms with E-state index in [1.165, 1.54) is 25.7 Å². The molecule has 0 radical (unpaired) electrons. The maximum Gasteiger partial charge on any atom is 0.0209 e. The van der Waals surface area contributed by atoms with Gasteiger partial charge in [0.15, 0.2) is 0 Å². The molecule has 2 aromatic rings. The summed E-state index contributed by atoms with van der Waals surface area (Å²) in [7, 11) is 0. The van der Waals surface area contributed by atoms with Gasteiger partial charge in [-0.15, -0.1) is 0 Å². The molecule has 0 unspecified atom stereocenters. The third kappa shape index (κ3) is 1.37. The summed E-state index contributed by atoms with van der Waals surface area (Å²) >= 11 is 0. The first-order valence-corrected chi connectivity index (χ1v) is 7.86. The van der Waals surface area contributed by atoms with Crippen molar-refractivity contribution in [2.24, 2.45) is 0 Å². The predicted molar refractivity (Wildman–Crippen MR) is 84.3 cm³/mol. The van der Waals surface area contributed by atoms with E-state index in [4.69, 9.17) is 0 Å². The van der Waals surface area contributed by atoms with E-state index < -0.39 is 0 Å². The Balaban J connectivity index is 2.10. The van der Waals surface area contributed by atoms with Gasteiger partial charge in [-0.05, 0) is 35.1 Å². The van der Waals surface area contributed by atoms with Gasteiger partial charge in [0.2, 0.25) is 0 Å². The third-order valence-electron chi connectivity index (χ3n) is 5.69. The second-order valence-electron chi connectivity index (χ2n) is 7.01. The van der Waals surface area contributed by atoms with Gasteiger partial charge < -0.3 is 0 Å². The molecular weight excluding hydrogens is 240 g/mol. The number of fused-ring (bicyclic) bond motifs is 4. The van der Waals surface area contributed by atoms with Gasteiger partial charge in [-0.1, -0.05) is 75.2 Å². The van der Waals surface area contributed by atoms with Crippen molar-refractivity contribution in [3.05, 3.63) is 70.8 Å². The Hall–Kier alpha value is -1.56. The van der Waals surface area contributed by atoms with Gasteiger partial charge in [0, 0.05) is 10.8 Å². The average Bonchev–Trinajstić information content (AvgIpc) is 2.97. The summed E-state index contributed by atoms with van der Waals surface area (Å²) in [5.41, 5.74) is 6.70. The van der Waals surface area contributed by atoms with Crippen LogP contribution in [0.2, 0.25) is 0 Å². The topological polar surface area (TPSA) is 0 Å². The first-order valence-electron chi connectivity index (χ1n) is 7.86. The molecule has 1 spiro atoms. The molecule has 0 heteroatoms. The Morgan fingerprint density at radius 2 is 1.05 bits per heavy atom. The Bertz CT molecular complexity index is 606. The van der Waals surface area contributed by atoms with Crippen LogP contribution in [0.25, 0.3) is 0 Å². The average molecular weight is 262 g/mol. The summed E-state index contributed by atoms with van der Waals surface area (Å²) < 4.78 is 0. The largest absolute Gasteiger partial charge is 0.0619 e. The Kier molecular flexibility index (Phi) is 2.42. The molecule has 4 rings (SSSR count). The maximum absolute atomic E-state index is 2.39. The van der Waals surface area contributed by atoms with Gasteiger partial charge in [0.05, 0.1) is 0 Å². The molecule has 0 aromatic heterocycles. The quantitative estimate of drug-likeness (QED) is 0.613. The molecule has 20 heavy (non-hydrogen) atoms. The van der Waals surface area contributed by atoms with Crippen LogP contribution in [0.1, 0.15) is 61.8 Å². The summed E-state index contributed by atoms with van der Waals surface area (Å²) in [6.45, 7) is 4.76. The van der Waals surface area contributed by atoms with E-state index in [1.54, 1.807) is 22.3 Å². The van der Waals surface area contributed by atoms with Crippen molar-refractivity contribution in [1.29, 1.82) is 0 Å². The second kappa shape index (κ2) is 3.97. The molecule has 0 amide bonds. The normalized spacial score (nSPS) is 21.5. The van der Waals surface area contributed by atoms with Crippen LogP contribution >= 0.6 is 0 Å². The maximum atomic E-state index is 2.39. The van der Waals surface area contributed by atoms with Gasteiger partial charge in [-0.25, -0.2) is 0 Å². The fourth-order valence-corrected chi connectivity index (χ4v) is 4.70. The molecule has 0 atom stereocenters. The lowest BCUT2D eigenvalue weighted by atomic mass is 9.58. The molecule has 0 heterocycles. The first kappa shape index (κ1) is 12.2. The number of hydrogen-bond donors (Lipinski definition) is 0. The fourth-order valence-electron chi connectivity index (χ4n) is 4.70. The Morgan fingerprint density at radius 1 is 0.650 bits per heavy atom. The molecule has 0 aliphatic heterocycles. The van der Waals surface area contributed by atoms with Crippen LogP contribution in [0.3, 0.4) is 0 Å². The van der Waals surface area contributed by atoms with Crippen LogP contribution in [0.15, 0.2) is 48.5 Å². The Morgan fingerprint density at radius 3 is 1.50 bits per heavy atom. The molecule has 0 nitrogen and oxygen atoms in total. The van der Waals surface area contributed by atoms with Crippen LogP contribution in [0, 0.1) is 0 Å². The van der Waals surface area contributed by atoms with Crippen LogP contribution in [0.5, 0.6) is 0 Å². The minimum Gasteiger partial charge on any atom is -0.0619 e. The van der Waals surface area contributed by atoms with Crippen LogP contribution in [-0.2, 0) is 10.8 Å². The molecule has 2 aromatic carbocycles. The highest BCUT2D eigenvalue weighted by Crippen LogP contribution is 2.56.